The molecule has 0 fully saturated rings. The molecule has 0 atom stereocenters. The molecule has 9 heteroatoms. The lowest BCUT2D eigenvalue weighted by atomic mass is 10.1. The summed E-state index contributed by atoms with van der Waals surface area (Å²) in [5, 5.41) is 7.41. The molecular formula is C21H17N3O6. The van der Waals surface area contributed by atoms with Crippen LogP contribution >= 0.6 is 0 Å². The van der Waals surface area contributed by atoms with Gasteiger partial charge in [-0.15, -0.1) is 0 Å². The van der Waals surface area contributed by atoms with Crippen molar-refractivity contribution in [2.45, 2.75) is 13.5 Å². The Bertz CT molecular complexity index is 1250. The lowest BCUT2D eigenvalue weighted by Gasteiger charge is -2.18. The highest BCUT2D eigenvalue weighted by molar-refractivity contribution is 6.05. The molecule has 0 aliphatic carbocycles. The number of aromatic nitrogens is 2. The van der Waals surface area contributed by atoms with Crippen molar-refractivity contribution < 1.29 is 23.9 Å². The van der Waals surface area contributed by atoms with Gasteiger partial charge in [-0.2, -0.15) is 5.10 Å². The number of anilines is 1. The van der Waals surface area contributed by atoms with E-state index >= 15 is 0 Å². The van der Waals surface area contributed by atoms with Crippen LogP contribution in [0, 0.1) is 0 Å². The fourth-order valence-electron chi connectivity index (χ4n) is 3.14. The van der Waals surface area contributed by atoms with E-state index in [0.29, 0.717) is 22.2 Å². The van der Waals surface area contributed by atoms with Crippen LogP contribution in [0.15, 0.2) is 47.3 Å². The largest absolute Gasteiger partial charge is 0.482 e. The number of hydrogen-bond donors (Lipinski definition) is 1. The average molecular weight is 407 g/mol. The smallest absolute Gasteiger partial charge is 0.359 e. The maximum absolute atomic E-state index is 12.6. The number of ether oxygens (including phenoxy) is 2. The number of nitrogens with one attached hydrogen (secondary N) is 1. The quantitative estimate of drug-likeness (QED) is 0.506. The molecule has 0 saturated carbocycles. The van der Waals surface area contributed by atoms with E-state index in [1.165, 1.54) is 16.8 Å². The van der Waals surface area contributed by atoms with Gasteiger partial charge in [-0.3, -0.25) is 14.4 Å². The second kappa shape index (κ2) is 7.78. The zero-order chi connectivity index (χ0) is 21.3. The maximum atomic E-state index is 12.6. The summed E-state index contributed by atoms with van der Waals surface area (Å²) in [5.74, 6) is -1.13. The van der Waals surface area contributed by atoms with Crippen LogP contribution < -0.4 is 15.6 Å². The van der Waals surface area contributed by atoms with Gasteiger partial charge in [0.15, 0.2) is 24.7 Å². The van der Waals surface area contributed by atoms with Crippen molar-refractivity contribution >= 4 is 34.1 Å². The second-order valence-electron chi connectivity index (χ2n) is 6.56. The van der Waals surface area contributed by atoms with Crippen LogP contribution in [0.25, 0.3) is 10.8 Å². The molecule has 0 saturated heterocycles. The minimum Gasteiger partial charge on any atom is -0.482 e. The number of amides is 1. The van der Waals surface area contributed by atoms with Crippen LogP contribution in [-0.2, 0) is 16.1 Å². The zero-order valence-electron chi connectivity index (χ0n) is 16.0. The van der Waals surface area contributed by atoms with Crippen molar-refractivity contribution in [3.63, 3.8) is 0 Å². The van der Waals surface area contributed by atoms with Crippen LogP contribution in [-0.4, -0.2) is 40.7 Å². The lowest BCUT2D eigenvalue weighted by Crippen LogP contribution is -2.26. The highest BCUT2D eigenvalue weighted by Gasteiger charge is 2.21. The van der Waals surface area contributed by atoms with E-state index < -0.39 is 18.4 Å². The Balaban J connectivity index is 1.55. The third-order valence-electron chi connectivity index (χ3n) is 4.63. The Hall–Kier alpha value is -4.01. The van der Waals surface area contributed by atoms with Crippen molar-refractivity contribution in [2.75, 3.05) is 18.5 Å². The summed E-state index contributed by atoms with van der Waals surface area (Å²) in [4.78, 5) is 48.9. The Morgan fingerprint density at radius 3 is 2.70 bits per heavy atom. The van der Waals surface area contributed by atoms with Crippen LogP contribution in [0.1, 0.15) is 27.8 Å². The van der Waals surface area contributed by atoms with Gasteiger partial charge in [0.1, 0.15) is 5.75 Å². The van der Waals surface area contributed by atoms with Crippen molar-refractivity contribution in [2.24, 2.45) is 0 Å². The molecule has 1 aliphatic rings. The minimum absolute atomic E-state index is 0.0362. The topological polar surface area (TPSA) is 117 Å². The molecule has 30 heavy (non-hydrogen) atoms. The minimum atomic E-state index is -0.809. The Kier molecular flexibility index (Phi) is 5.01. The van der Waals surface area contributed by atoms with Gasteiger partial charge in [0.25, 0.3) is 11.5 Å². The molecule has 1 aliphatic heterocycles. The van der Waals surface area contributed by atoms with Crippen LogP contribution in [0.2, 0.25) is 0 Å². The molecule has 0 spiro atoms. The van der Waals surface area contributed by atoms with E-state index in [2.05, 4.69) is 10.4 Å². The molecule has 3 aromatic rings. The molecule has 2 heterocycles. The van der Waals surface area contributed by atoms with E-state index in [1.807, 2.05) is 0 Å². The third kappa shape index (κ3) is 3.52. The number of hydrogen-bond acceptors (Lipinski definition) is 7. The number of ketones is 1. The fraction of sp³-hybridized carbons (Fsp3) is 0.190. The molecule has 1 amide bonds. The number of benzene rings is 2. The summed E-state index contributed by atoms with van der Waals surface area (Å²) < 4.78 is 11.6. The summed E-state index contributed by atoms with van der Waals surface area (Å²) >= 11 is 0. The van der Waals surface area contributed by atoms with Gasteiger partial charge in [-0.1, -0.05) is 18.2 Å². The number of nitrogens with zero attached hydrogens (tertiary/aromatic N) is 2. The summed E-state index contributed by atoms with van der Waals surface area (Å²) in [6.07, 6.45) is 0. The highest BCUT2D eigenvalue weighted by atomic mass is 16.5. The summed E-state index contributed by atoms with van der Waals surface area (Å²) in [6, 6.07) is 11.2. The first-order valence-electron chi connectivity index (χ1n) is 9.25. The van der Waals surface area contributed by atoms with Crippen molar-refractivity contribution in [1.82, 2.24) is 9.78 Å². The Labute approximate surface area is 170 Å². The standard InChI is InChI=1S/C21H17N3O6/c1-2-24-20(27)14-6-4-3-5-13(14)19(23-24)21(28)30-10-16(25)12-7-8-17-15(9-12)22-18(26)11-29-17/h3-9H,2,10-11H2,1H3,(H,22,26). The van der Waals surface area contributed by atoms with E-state index in [9.17, 15) is 19.2 Å². The monoisotopic (exact) mass is 407 g/mol. The Morgan fingerprint density at radius 1 is 1.17 bits per heavy atom. The van der Waals surface area contributed by atoms with Gasteiger partial charge in [0, 0.05) is 17.5 Å². The molecule has 152 valence electrons. The SMILES string of the molecule is CCn1nc(C(=O)OCC(=O)c2ccc3c(c2)NC(=O)CO3)c2ccccc2c1=O. The van der Waals surface area contributed by atoms with Crippen LogP contribution in [0.3, 0.4) is 0 Å². The van der Waals surface area contributed by atoms with E-state index in [0.717, 1.165) is 0 Å². The summed E-state index contributed by atoms with van der Waals surface area (Å²) in [7, 11) is 0. The van der Waals surface area contributed by atoms with E-state index in [4.69, 9.17) is 9.47 Å². The molecule has 0 bridgehead atoms. The lowest BCUT2D eigenvalue weighted by molar-refractivity contribution is -0.118. The van der Waals surface area contributed by atoms with Crippen LogP contribution in [0.5, 0.6) is 5.75 Å². The first kappa shape index (κ1) is 19.3. The first-order chi connectivity index (χ1) is 14.5. The van der Waals surface area contributed by atoms with Crippen molar-refractivity contribution in [3.8, 4) is 5.75 Å². The molecular weight excluding hydrogens is 390 g/mol. The maximum Gasteiger partial charge on any atom is 0.359 e. The number of fused-ring (bicyclic) bond motifs is 2. The van der Waals surface area contributed by atoms with E-state index in [1.54, 1.807) is 37.3 Å². The first-order valence-corrected chi connectivity index (χ1v) is 9.25. The second-order valence-corrected chi connectivity index (χ2v) is 6.56. The van der Waals surface area contributed by atoms with Gasteiger partial charge in [0.05, 0.1) is 11.1 Å². The number of aryl methyl sites for hydroxylation is 1. The van der Waals surface area contributed by atoms with Crippen molar-refractivity contribution in [3.05, 3.63) is 64.1 Å². The van der Waals surface area contributed by atoms with Gasteiger partial charge >= 0.3 is 5.97 Å². The van der Waals surface area contributed by atoms with Gasteiger partial charge in [-0.05, 0) is 31.2 Å². The molecule has 4 rings (SSSR count). The normalized spacial score (nSPS) is 12.6. The zero-order valence-corrected chi connectivity index (χ0v) is 16.0. The van der Waals surface area contributed by atoms with Gasteiger partial charge < -0.3 is 14.8 Å². The summed E-state index contributed by atoms with van der Waals surface area (Å²) in [5.41, 5.74) is 0.291. The Morgan fingerprint density at radius 2 is 1.93 bits per heavy atom. The third-order valence-corrected chi connectivity index (χ3v) is 4.63. The van der Waals surface area contributed by atoms with Gasteiger partial charge in [0.2, 0.25) is 0 Å². The number of carbonyl (C=O) groups is 3. The summed E-state index contributed by atoms with van der Waals surface area (Å²) in [6.45, 7) is 1.42. The molecule has 0 unspecified atom stereocenters. The molecule has 9 nitrogen and oxygen atoms in total. The molecule has 2 aromatic carbocycles. The number of esters is 1. The highest BCUT2D eigenvalue weighted by Crippen LogP contribution is 2.28. The number of carbonyl (C=O) groups excluding carboxylic acids is 3. The molecule has 0 radical (unpaired) electrons. The fourth-order valence-corrected chi connectivity index (χ4v) is 3.14. The average Bonchev–Trinajstić information content (AvgIpc) is 2.77. The van der Waals surface area contributed by atoms with Crippen LogP contribution in [0.4, 0.5) is 5.69 Å². The predicted octanol–water partition coefficient (Wildman–Crippen LogP) is 1.79. The predicted molar refractivity (Wildman–Crippen MR) is 107 cm³/mol. The molecule has 1 N–H and O–H groups in total. The van der Waals surface area contributed by atoms with Crippen molar-refractivity contribution in [1.29, 1.82) is 0 Å². The van der Waals surface area contributed by atoms with Gasteiger partial charge in [-0.25, -0.2) is 9.48 Å². The van der Waals surface area contributed by atoms with E-state index in [-0.39, 0.29) is 35.9 Å². The number of rotatable bonds is 5. The number of Topliss-reactive ketones (excluding diaryl/α,β-unsaturated/α-hetero) is 1. The molecule has 1 aromatic heterocycles.